The molecule has 1 aliphatic rings. The van der Waals surface area contributed by atoms with E-state index in [0.717, 1.165) is 0 Å². The Bertz CT molecular complexity index is 276. The molecule has 0 aliphatic carbocycles. The van der Waals surface area contributed by atoms with E-state index in [1.165, 1.54) is 6.92 Å². The molecule has 1 fully saturated rings. The van der Waals surface area contributed by atoms with Gasteiger partial charge in [-0.3, -0.25) is 14.9 Å². The standard InChI is InChI=1S/C7H10N2O4/c1-7(3-2-4(10)11)5(12)8-6(13)9-7/h2-3H2,1H3,(H,10,11)(H2,8,9,12,13)/i5-1. The Morgan fingerprint density at radius 2 is 2.15 bits per heavy atom. The molecule has 0 aromatic heterocycles. The highest BCUT2D eigenvalue weighted by molar-refractivity contribution is 6.06. The number of aliphatic carboxylic acids is 1. The minimum atomic E-state index is -1.07. The number of rotatable bonds is 3. The highest BCUT2D eigenvalue weighted by Gasteiger charge is 2.41. The molecule has 0 radical (unpaired) electrons. The molecule has 6 nitrogen and oxygen atoms in total. The number of hydrogen-bond acceptors (Lipinski definition) is 3. The van der Waals surface area contributed by atoms with Crippen LogP contribution < -0.4 is 10.6 Å². The topological polar surface area (TPSA) is 95.5 Å². The molecule has 1 unspecified atom stereocenters. The van der Waals surface area contributed by atoms with E-state index < -0.39 is 23.4 Å². The fourth-order valence-corrected chi connectivity index (χ4v) is 1.11. The molecule has 0 aromatic rings. The van der Waals surface area contributed by atoms with Gasteiger partial charge in [0.2, 0.25) is 0 Å². The highest BCUT2D eigenvalue weighted by atomic mass is 16.4. The molecule has 6 heteroatoms. The number of amides is 3. The number of carbonyl (C=O) groups excluding carboxylic acids is 2. The molecule has 13 heavy (non-hydrogen) atoms. The molecule has 0 spiro atoms. The fourth-order valence-electron chi connectivity index (χ4n) is 1.11. The van der Waals surface area contributed by atoms with Crippen LogP contribution in [0.4, 0.5) is 4.79 Å². The van der Waals surface area contributed by atoms with Crippen molar-refractivity contribution in [3.8, 4) is 0 Å². The van der Waals surface area contributed by atoms with Crippen molar-refractivity contribution in [3.63, 3.8) is 0 Å². The van der Waals surface area contributed by atoms with Crippen molar-refractivity contribution in [2.75, 3.05) is 0 Å². The van der Waals surface area contributed by atoms with Crippen molar-refractivity contribution in [2.45, 2.75) is 25.3 Å². The molecule has 1 saturated heterocycles. The summed E-state index contributed by atoms with van der Waals surface area (Å²) in [6, 6.07) is -0.571. The molecule has 3 N–H and O–H groups in total. The van der Waals surface area contributed by atoms with Gasteiger partial charge in [-0.2, -0.15) is 0 Å². The van der Waals surface area contributed by atoms with E-state index in [0.29, 0.717) is 0 Å². The Balaban J connectivity index is 2.60. The summed E-state index contributed by atoms with van der Waals surface area (Å²) in [5.74, 6) is -1.46. The number of hydrogen-bond donors (Lipinski definition) is 3. The van der Waals surface area contributed by atoms with E-state index in [4.69, 9.17) is 5.11 Å². The van der Waals surface area contributed by atoms with Gasteiger partial charge in [-0.1, -0.05) is 0 Å². The zero-order valence-electron chi connectivity index (χ0n) is 7.09. The smallest absolute Gasteiger partial charge is 0.322 e. The first-order chi connectivity index (χ1) is 5.94. The van der Waals surface area contributed by atoms with Crippen molar-refractivity contribution in [1.29, 1.82) is 0 Å². The van der Waals surface area contributed by atoms with Crippen LogP contribution >= 0.6 is 0 Å². The summed E-state index contributed by atoms with van der Waals surface area (Å²) in [4.78, 5) is 32.1. The fraction of sp³-hybridized carbons (Fsp3) is 0.571. The first kappa shape index (κ1) is 9.50. The maximum Gasteiger partial charge on any atom is 0.322 e. The van der Waals surface area contributed by atoms with Crippen molar-refractivity contribution >= 4 is 17.9 Å². The minimum absolute atomic E-state index is 0.0971. The number of carboxylic acids is 1. The van der Waals surface area contributed by atoms with Gasteiger partial charge >= 0.3 is 12.0 Å². The predicted octanol–water partition coefficient (Wildman–Crippen LogP) is -0.551. The number of nitrogens with one attached hydrogen (secondary N) is 2. The molecular formula is C7H10N2O4. The lowest BCUT2D eigenvalue weighted by Gasteiger charge is -2.18. The summed E-state index contributed by atoms with van der Waals surface area (Å²) in [6.07, 6.45) is -0.0515. The van der Waals surface area contributed by atoms with Crippen LogP contribution in [0.1, 0.15) is 19.8 Å². The van der Waals surface area contributed by atoms with Crippen molar-refractivity contribution in [2.24, 2.45) is 0 Å². The molecule has 1 rings (SSSR count). The Hall–Kier alpha value is -1.59. The summed E-state index contributed by atoms with van der Waals surface area (Å²) in [6.45, 7) is 1.50. The van der Waals surface area contributed by atoms with Crippen LogP contribution in [-0.4, -0.2) is 28.6 Å². The molecular weight excluding hydrogens is 175 g/mol. The van der Waals surface area contributed by atoms with Gasteiger partial charge in [-0.25, -0.2) is 4.79 Å². The maximum absolute atomic E-state index is 11.1. The zero-order chi connectivity index (χ0) is 10.1. The number of carboxylic acid groups (broad SMARTS) is 1. The first-order valence-electron chi connectivity index (χ1n) is 3.79. The van der Waals surface area contributed by atoms with Crippen LogP contribution in [-0.2, 0) is 9.59 Å². The second-order valence-electron chi connectivity index (χ2n) is 3.13. The zero-order valence-corrected chi connectivity index (χ0v) is 7.09. The van der Waals surface area contributed by atoms with Crippen LogP contribution in [0.25, 0.3) is 0 Å². The lowest BCUT2D eigenvalue weighted by molar-refractivity contribution is -0.137. The van der Waals surface area contributed by atoms with E-state index in [9.17, 15) is 14.4 Å². The average molecular weight is 185 g/mol. The summed E-state index contributed by atoms with van der Waals surface area (Å²) < 4.78 is 0. The molecule has 0 bridgehead atoms. The largest absolute Gasteiger partial charge is 0.481 e. The Morgan fingerprint density at radius 3 is 2.54 bits per heavy atom. The third-order valence-electron chi connectivity index (χ3n) is 1.96. The molecule has 1 heterocycles. The summed E-state index contributed by atoms with van der Waals surface area (Å²) >= 11 is 0. The Kier molecular flexibility index (Phi) is 2.22. The SMILES string of the molecule is CC1(CCC(=O)O)NC(=O)N[11C]1=O. The molecule has 0 aromatic carbocycles. The summed E-state index contributed by atoms with van der Waals surface area (Å²) in [5, 5.41) is 12.8. The third kappa shape index (κ3) is 1.95. The van der Waals surface area contributed by atoms with Crippen LogP contribution in [0.5, 0.6) is 0 Å². The van der Waals surface area contributed by atoms with Gasteiger partial charge in [0.05, 0.1) is 0 Å². The first-order valence-corrected chi connectivity index (χ1v) is 3.79. The van der Waals surface area contributed by atoms with Gasteiger partial charge in [0.25, 0.3) is 5.91 Å². The van der Waals surface area contributed by atoms with E-state index in [1.807, 2.05) is 5.32 Å². The highest BCUT2D eigenvalue weighted by Crippen LogP contribution is 2.16. The number of urea groups is 1. The summed E-state index contributed by atoms with van der Waals surface area (Å²) in [5.41, 5.74) is -1.07. The molecule has 3 amide bonds. The van der Waals surface area contributed by atoms with Crippen LogP contribution in [0.3, 0.4) is 0 Å². The molecule has 72 valence electrons. The van der Waals surface area contributed by atoms with E-state index in [-0.39, 0.29) is 12.8 Å². The Morgan fingerprint density at radius 1 is 1.54 bits per heavy atom. The van der Waals surface area contributed by atoms with Gasteiger partial charge in [-0.05, 0) is 13.3 Å². The third-order valence-corrected chi connectivity index (χ3v) is 1.96. The van der Waals surface area contributed by atoms with Crippen LogP contribution in [0.15, 0.2) is 0 Å². The van der Waals surface area contributed by atoms with Gasteiger partial charge < -0.3 is 10.4 Å². The lowest BCUT2D eigenvalue weighted by Crippen LogP contribution is -2.43. The van der Waals surface area contributed by atoms with Crippen LogP contribution in [0.2, 0.25) is 0 Å². The average Bonchev–Trinajstić information content (AvgIpc) is 2.23. The lowest BCUT2D eigenvalue weighted by atomic mass is 9.73. The van der Waals surface area contributed by atoms with E-state index >= 15 is 0 Å². The Labute approximate surface area is 74.3 Å². The normalized spacial score (nSPS) is 26.8. The molecule has 0 saturated carbocycles. The van der Waals surface area contributed by atoms with E-state index in [1.54, 1.807) is 0 Å². The van der Waals surface area contributed by atoms with Gasteiger partial charge in [0, 0.05) is 6.42 Å². The minimum Gasteiger partial charge on any atom is -0.481 e. The molecule has 1 atom stereocenters. The van der Waals surface area contributed by atoms with Crippen molar-refractivity contribution in [3.05, 3.63) is 0 Å². The van der Waals surface area contributed by atoms with Gasteiger partial charge in [0.15, 0.2) is 0 Å². The monoisotopic (exact) mass is 185 g/mol. The number of carbonyl (C=O) groups is 3. The van der Waals surface area contributed by atoms with Gasteiger partial charge in [0.1, 0.15) is 5.54 Å². The van der Waals surface area contributed by atoms with Crippen molar-refractivity contribution < 1.29 is 19.5 Å². The predicted molar refractivity (Wildman–Crippen MR) is 41.9 cm³/mol. The summed E-state index contributed by atoms with van der Waals surface area (Å²) in [7, 11) is 0. The molecule has 1 aliphatic heterocycles. The quantitative estimate of drug-likeness (QED) is 0.514. The second-order valence-corrected chi connectivity index (χ2v) is 3.13. The van der Waals surface area contributed by atoms with Crippen LogP contribution in [0, 0.1) is 0 Å². The van der Waals surface area contributed by atoms with Gasteiger partial charge in [-0.15, -0.1) is 0 Å². The maximum atomic E-state index is 11.1. The second kappa shape index (κ2) is 3.04. The van der Waals surface area contributed by atoms with E-state index in [2.05, 4.69) is 5.32 Å². The number of imide groups is 1. The van der Waals surface area contributed by atoms with Crippen molar-refractivity contribution in [1.82, 2.24) is 10.6 Å².